The van der Waals surface area contributed by atoms with Crippen molar-refractivity contribution < 1.29 is 19.4 Å². The Morgan fingerprint density at radius 1 is 1.25 bits per heavy atom. The van der Waals surface area contributed by atoms with Gasteiger partial charge in [0.05, 0.1) is 0 Å². The summed E-state index contributed by atoms with van der Waals surface area (Å²) in [5.41, 5.74) is 0.262. The number of carboxylic acid groups (broad SMARTS) is 1. The number of hydrogen-bond acceptors (Lipinski definition) is 3. The van der Waals surface area contributed by atoms with E-state index in [0.29, 0.717) is 5.56 Å². The summed E-state index contributed by atoms with van der Waals surface area (Å²) in [6.45, 7) is 1.62. The molecule has 1 heterocycles. The van der Waals surface area contributed by atoms with Gasteiger partial charge >= 0.3 is 12.1 Å². The van der Waals surface area contributed by atoms with Crippen LogP contribution in [-0.4, -0.2) is 27.6 Å². The van der Waals surface area contributed by atoms with Gasteiger partial charge in [-0.15, -0.1) is 0 Å². The zero-order valence-electron chi connectivity index (χ0n) is 13.0. The summed E-state index contributed by atoms with van der Waals surface area (Å²) in [5.74, 6) is -0.530. The zero-order valence-corrected chi connectivity index (χ0v) is 15.1. The van der Waals surface area contributed by atoms with E-state index < -0.39 is 23.8 Å². The minimum atomic E-state index is -1.27. The van der Waals surface area contributed by atoms with Crippen LogP contribution in [0.1, 0.15) is 24.3 Å². The van der Waals surface area contributed by atoms with E-state index in [1.54, 1.807) is 31.2 Å². The molecule has 124 valence electrons. The number of esters is 1. The Bertz CT molecular complexity index is 780. The normalized spacial score (nSPS) is 23.2. The maximum Gasteiger partial charge on any atom is 0.411 e. The number of halogens is 1. The smallest absolute Gasteiger partial charge is 0.411 e. The molecule has 0 radical (unpaired) electrons. The van der Waals surface area contributed by atoms with Crippen LogP contribution in [-0.2, 0) is 16.0 Å². The molecule has 0 saturated carbocycles. The van der Waals surface area contributed by atoms with Crippen LogP contribution in [0.15, 0.2) is 54.6 Å². The second-order valence-corrected chi connectivity index (χ2v) is 7.15. The summed E-state index contributed by atoms with van der Waals surface area (Å²) in [6, 6.07) is 16.6. The highest BCUT2D eigenvalue weighted by atomic mass is 127. The lowest BCUT2D eigenvalue weighted by atomic mass is 9.91. The van der Waals surface area contributed by atoms with E-state index in [1.807, 2.05) is 30.3 Å². The van der Waals surface area contributed by atoms with Crippen molar-refractivity contribution in [2.45, 2.75) is 25.1 Å². The first-order chi connectivity index (χ1) is 11.4. The van der Waals surface area contributed by atoms with Crippen LogP contribution in [0.25, 0.3) is 0 Å². The van der Waals surface area contributed by atoms with Crippen molar-refractivity contribution in [2.75, 3.05) is 0 Å². The third kappa shape index (κ3) is 2.98. The molecule has 1 aliphatic rings. The molecule has 3 rings (SSSR count). The van der Waals surface area contributed by atoms with Gasteiger partial charge in [0.2, 0.25) is 6.23 Å². The molecule has 0 aliphatic carbocycles. The first-order valence-electron chi connectivity index (χ1n) is 7.44. The lowest BCUT2D eigenvalue weighted by molar-refractivity contribution is -0.145. The average molecular weight is 437 g/mol. The number of rotatable bonds is 3. The van der Waals surface area contributed by atoms with Crippen LogP contribution in [0.3, 0.4) is 0 Å². The maximum atomic E-state index is 12.6. The van der Waals surface area contributed by atoms with Gasteiger partial charge in [0.25, 0.3) is 0 Å². The molecule has 2 aromatic rings. The number of nitrogens with zero attached hydrogens (tertiary/aromatic N) is 1. The fraction of sp³-hybridized carbons (Fsp3) is 0.222. The number of ether oxygens (including phenoxy) is 1. The number of benzene rings is 2. The molecule has 24 heavy (non-hydrogen) atoms. The van der Waals surface area contributed by atoms with Gasteiger partial charge in [0.15, 0.2) is 0 Å². The molecule has 1 amide bonds. The summed E-state index contributed by atoms with van der Waals surface area (Å²) in [7, 11) is 0. The van der Waals surface area contributed by atoms with Crippen LogP contribution in [0.5, 0.6) is 0 Å². The Morgan fingerprint density at radius 3 is 2.58 bits per heavy atom. The first kappa shape index (κ1) is 16.8. The molecule has 0 spiro atoms. The predicted octanol–water partition coefficient (Wildman–Crippen LogP) is 3.83. The Balaban J connectivity index is 1.99. The topological polar surface area (TPSA) is 66.8 Å². The fourth-order valence-electron chi connectivity index (χ4n) is 2.99. The number of cyclic esters (lactones) is 1. The molecule has 0 aromatic heterocycles. The molecule has 1 aliphatic heterocycles. The molecule has 2 aromatic carbocycles. The summed E-state index contributed by atoms with van der Waals surface area (Å²) in [6.07, 6.45) is -1.84. The highest BCUT2D eigenvalue weighted by Gasteiger charge is 2.55. The Hall–Kier alpha value is -2.09. The molecule has 0 bridgehead atoms. The maximum absolute atomic E-state index is 12.6. The largest absolute Gasteiger partial charge is 0.465 e. The van der Waals surface area contributed by atoms with Gasteiger partial charge in [-0.1, -0.05) is 42.5 Å². The SMILES string of the molecule is C[C@]1(Cc2cccc(I)c2)C(=O)O[C@H](c2ccccc2)N1C(=O)O. The van der Waals surface area contributed by atoms with E-state index in [2.05, 4.69) is 22.6 Å². The van der Waals surface area contributed by atoms with Crippen LogP contribution in [0.2, 0.25) is 0 Å². The van der Waals surface area contributed by atoms with E-state index in [1.165, 1.54) is 0 Å². The van der Waals surface area contributed by atoms with Crippen molar-refractivity contribution in [3.05, 3.63) is 69.3 Å². The Morgan fingerprint density at radius 2 is 1.96 bits per heavy atom. The third-order valence-electron chi connectivity index (χ3n) is 4.15. The van der Waals surface area contributed by atoms with Crippen molar-refractivity contribution in [1.82, 2.24) is 4.90 Å². The van der Waals surface area contributed by atoms with E-state index in [4.69, 9.17) is 4.74 Å². The number of hydrogen-bond donors (Lipinski definition) is 1. The second-order valence-electron chi connectivity index (χ2n) is 5.90. The second kappa shape index (κ2) is 6.43. The summed E-state index contributed by atoms with van der Waals surface area (Å²) in [4.78, 5) is 25.6. The molecule has 1 N–H and O–H groups in total. The van der Waals surface area contributed by atoms with E-state index in [-0.39, 0.29) is 6.42 Å². The monoisotopic (exact) mass is 437 g/mol. The van der Waals surface area contributed by atoms with Crippen LogP contribution in [0, 0.1) is 3.57 Å². The Labute approximate surface area is 153 Å². The van der Waals surface area contributed by atoms with Crippen molar-refractivity contribution >= 4 is 34.7 Å². The summed E-state index contributed by atoms with van der Waals surface area (Å²) < 4.78 is 6.47. The Kier molecular flexibility index (Phi) is 4.49. The van der Waals surface area contributed by atoms with Gasteiger partial charge in [-0.3, -0.25) is 4.90 Å². The fourth-order valence-corrected chi connectivity index (χ4v) is 3.59. The van der Waals surface area contributed by atoms with Gasteiger partial charge < -0.3 is 9.84 Å². The highest BCUT2D eigenvalue weighted by molar-refractivity contribution is 14.1. The van der Waals surface area contributed by atoms with Crippen molar-refractivity contribution in [1.29, 1.82) is 0 Å². The van der Waals surface area contributed by atoms with Crippen LogP contribution >= 0.6 is 22.6 Å². The molecule has 5 nitrogen and oxygen atoms in total. The van der Waals surface area contributed by atoms with Gasteiger partial charge in [0, 0.05) is 15.6 Å². The third-order valence-corrected chi connectivity index (χ3v) is 4.82. The lowest BCUT2D eigenvalue weighted by Crippen LogP contribution is -2.50. The molecule has 1 fully saturated rings. The van der Waals surface area contributed by atoms with Gasteiger partial charge in [-0.05, 0) is 47.2 Å². The highest BCUT2D eigenvalue weighted by Crippen LogP contribution is 2.40. The van der Waals surface area contributed by atoms with Gasteiger partial charge in [-0.2, -0.15) is 0 Å². The van der Waals surface area contributed by atoms with Crippen molar-refractivity contribution in [2.24, 2.45) is 0 Å². The number of amides is 1. The van der Waals surface area contributed by atoms with Crippen molar-refractivity contribution in [3.8, 4) is 0 Å². The molecule has 2 atom stereocenters. The van der Waals surface area contributed by atoms with E-state index in [0.717, 1.165) is 14.0 Å². The van der Waals surface area contributed by atoms with Crippen molar-refractivity contribution in [3.63, 3.8) is 0 Å². The van der Waals surface area contributed by atoms with E-state index in [9.17, 15) is 14.7 Å². The molecule has 6 heteroatoms. The first-order valence-corrected chi connectivity index (χ1v) is 8.52. The van der Waals surface area contributed by atoms with E-state index >= 15 is 0 Å². The van der Waals surface area contributed by atoms with Gasteiger partial charge in [-0.25, -0.2) is 9.59 Å². The molecular weight excluding hydrogens is 421 g/mol. The quantitative estimate of drug-likeness (QED) is 0.586. The minimum absolute atomic E-state index is 0.262. The zero-order chi connectivity index (χ0) is 17.3. The summed E-state index contributed by atoms with van der Waals surface area (Å²) >= 11 is 2.19. The lowest BCUT2D eigenvalue weighted by Gasteiger charge is -2.31. The molecule has 1 saturated heterocycles. The standard InChI is InChI=1S/C18H16INO4/c1-18(11-12-6-5-9-14(19)10-12)16(21)24-15(20(18)17(22)23)13-7-3-2-4-8-13/h2-10,15H,11H2,1H3,(H,22,23)/t15-,18+/m1/s1. The molecule has 0 unspecified atom stereocenters. The van der Waals surface area contributed by atoms with Gasteiger partial charge in [0.1, 0.15) is 5.54 Å². The minimum Gasteiger partial charge on any atom is -0.465 e. The van der Waals surface area contributed by atoms with Crippen LogP contribution < -0.4 is 0 Å². The summed E-state index contributed by atoms with van der Waals surface area (Å²) in [5, 5.41) is 9.72. The molecular formula is C18H16INO4. The number of carbonyl (C=O) groups is 2. The predicted molar refractivity (Wildman–Crippen MR) is 96.4 cm³/mol. The van der Waals surface area contributed by atoms with Crippen LogP contribution in [0.4, 0.5) is 4.79 Å². The average Bonchev–Trinajstić information content (AvgIpc) is 2.80. The number of carbonyl (C=O) groups excluding carboxylic acids is 1.